The maximum atomic E-state index is 5.10. The Morgan fingerprint density at radius 1 is 0.213 bits per heavy atom. The first-order chi connectivity index (χ1) is 59.5. The smallest absolute Gasteiger partial charge is 0.145 e. The molecule has 6 nitrogen and oxygen atoms in total. The maximum absolute atomic E-state index is 5.10. The van der Waals surface area contributed by atoms with E-state index in [0.717, 1.165) is 46.0 Å². The lowest BCUT2D eigenvalue weighted by Crippen LogP contribution is -1.92. The van der Waals surface area contributed by atoms with E-state index in [4.69, 9.17) is 15.0 Å². The number of fused-ring (bicyclic) bond motifs is 15. The summed E-state index contributed by atoms with van der Waals surface area (Å²) in [5.41, 5.74) is 29.2. The van der Waals surface area contributed by atoms with Crippen molar-refractivity contribution in [2.45, 2.75) is 35.1 Å². The Morgan fingerprint density at radius 3 is 1.02 bits per heavy atom. The van der Waals surface area contributed by atoms with E-state index >= 15 is 0 Å². The van der Waals surface area contributed by atoms with Crippen molar-refractivity contribution in [3.8, 4) is 89.3 Å². The number of hydrogen-bond acceptors (Lipinski definition) is 3. The van der Waals surface area contributed by atoms with Crippen LogP contribution in [0.3, 0.4) is 0 Å². The van der Waals surface area contributed by atoms with E-state index in [0.29, 0.717) is 0 Å². The van der Waals surface area contributed by atoms with Crippen molar-refractivity contribution < 1.29 is 0 Å². The van der Waals surface area contributed by atoms with Gasteiger partial charge in [-0.2, -0.15) is 0 Å². The number of benzene rings is 20. The van der Waals surface area contributed by atoms with Crippen molar-refractivity contribution in [1.82, 2.24) is 28.2 Å². The van der Waals surface area contributed by atoms with Gasteiger partial charge in [-0.05, 0) is 192 Å². The molecule has 0 unspecified atom stereocenters. The Kier molecular flexibility index (Phi) is 17.4. The molecule has 122 heavy (non-hydrogen) atoms. The summed E-state index contributed by atoms with van der Waals surface area (Å²) in [6.45, 7) is 4.29. The third kappa shape index (κ3) is 11.0. The van der Waals surface area contributed by atoms with Gasteiger partial charge in [-0.3, -0.25) is 13.2 Å². The fourth-order valence-electron chi connectivity index (χ4n) is 20.5. The van der Waals surface area contributed by atoms with Crippen LogP contribution in [-0.4, -0.2) is 28.2 Å². The predicted molar refractivity (Wildman–Crippen MR) is 520 cm³/mol. The van der Waals surface area contributed by atoms with E-state index < -0.39 is 0 Å². The number of aryl methyl sites for hydroxylation is 2. The number of nitrogens with zero attached hydrogens (tertiary/aromatic N) is 6. The predicted octanol–water partition coefficient (Wildman–Crippen LogP) is 31.6. The molecule has 0 aliphatic heterocycles. The largest absolute Gasteiger partial charge is 0.295 e. The number of imidazole rings is 3. The molecular weight excluding hydrogens is 1480 g/mol. The van der Waals surface area contributed by atoms with Gasteiger partial charge in [-0.15, -0.1) is 0 Å². The van der Waals surface area contributed by atoms with Crippen LogP contribution in [0.15, 0.2) is 400 Å². The van der Waals surface area contributed by atoms with E-state index in [-0.39, 0.29) is 14.9 Å². The number of para-hydroxylation sites is 3. The Bertz CT molecular complexity index is 8440. The fourth-order valence-corrected chi connectivity index (χ4v) is 20.5. The third-order valence-corrected chi connectivity index (χ3v) is 25.3. The molecular formula is C116H82N6. The first kappa shape index (κ1) is 72.8. The van der Waals surface area contributed by atoms with Crippen molar-refractivity contribution in [3.05, 3.63) is 412 Å². The van der Waals surface area contributed by atoms with Gasteiger partial charge in [0.05, 0.1) is 49.7 Å². The minimum Gasteiger partial charge on any atom is -0.295 e. The topological polar surface area (TPSA) is 51.9 Å². The highest BCUT2D eigenvalue weighted by Crippen LogP contribution is 2.53. The monoisotopic (exact) mass is 1560 g/mol. The highest BCUT2D eigenvalue weighted by atomic mass is 15.1. The van der Waals surface area contributed by atoms with Gasteiger partial charge >= 0.3 is 0 Å². The lowest BCUT2D eigenvalue weighted by atomic mass is 9.84. The molecule has 0 fully saturated rings. The van der Waals surface area contributed by atoms with Gasteiger partial charge in [-0.1, -0.05) is 380 Å². The molecule has 0 radical (unpaired) electrons. The average Bonchev–Trinajstić information content (AvgIpc) is 1.56. The van der Waals surface area contributed by atoms with Crippen LogP contribution >= 0.6 is 0 Å². The molecule has 576 valence electrons. The third-order valence-electron chi connectivity index (χ3n) is 25.3. The second-order valence-electron chi connectivity index (χ2n) is 31.7. The van der Waals surface area contributed by atoms with Crippen LogP contribution in [0.4, 0.5) is 0 Å². The summed E-state index contributed by atoms with van der Waals surface area (Å²) in [5, 5.41) is 22.9. The standard InChI is InChI=1S/C41H28N2.C39H24N2.C34H22N2.2CH4/c1-2-37-42-35-24-23-29(40-33-19-11-12-20-36(33)43(37)41(35)40)28-21-22-32-34(25-28)39(27-15-7-4-8-16-27)31-18-10-9-17-30(31)38(32)26-13-5-3-6-14-26;1-3-13-25(14-4-1)35-27-17-7-9-19-29(27)36(30-20-10-8-18-28(30)35)31-21-12-24-34-37(31)32-22-11-23-33-38(32)41(34)39(40-33)26-15-5-2-6-16-26;1-21-35-29-20-19-28(33-27-17-9-10-18-30(27)36(21)34(29)33)32-25-15-7-5-13-23(25)31(22-11-3-2-4-12-22)24-14-6-8-16-26(24)32;;/h3-25H,2H2,1H3;1-24H;2-20H,1H3;2*1H4. The molecule has 0 N–H and O–H groups in total. The molecule has 0 spiro atoms. The number of aromatic nitrogens is 6. The molecule has 6 heteroatoms. The van der Waals surface area contributed by atoms with E-state index in [2.05, 4.69) is 427 Å². The zero-order chi connectivity index (χ0) is 79.2. The Morgan fingerprint density at radius 2 is 0.549 bits per heavy atom. The highest BCUT2D eigenvalue weighted by Gasteiger charge is 2.28. The molecule has 0 amide bonds. The highest BCUT2D eigenvalue weighted by molar-refractivity contribution is 6.31. The van der Waals surface area contributed by atoms with E-state index in [1.807, 2.05) is 0 Å². The minimum absolute atomic E-state index is 0. The number of rotatable bonds is 9. The molecule has 0 saturated carbocycles. The van der Waals surface area contributed by atoms with Crippen LogP contribution in [0.1, 0.15) is 33.4 Å². The second-order valence-corrected chi connectivity index (χ2v) is 31.7. The molecule has 20 aromatic carbocycles. The summed E-state index contributed by atoms with van der Waals surface area (Å²) in [6, 6.07) is 145. The molecule has 26 aromatic rings. The summed E-state index contributed by atoms with van der Waals surface area (Å²) < 4.78 is 7.06. The lowest BCUT2D eigenvalue weighted by molar-refractivity contribution is 0.961. The van der Waals surface area contributed by atoms with Crippen molar-refractivity contribution in [1.29, 1.82) is 0 Å². The SMILES string of the molecule is C.C.CCc1nc2ccc(-c3ccc4c(-c5ccccc5)c5ccccc5c(-c5ccccc5)c4c3)c3c4ccccc4n1c23.Cc1nc2ccc(-c3c4ccccc4c(-c4ccccc4)c4ccccc34)c3c4ccccc4n1c23.c1ccc(-c2c3ccccc3c(-c3cccc4c3c3cccc5nc(-c6ccccc6)n4c53)c3ccccc23)cc1. The van der Waals surface area contributed by atoms with Gasteiger partial charge in [0.25, 0.3) is 0 Å². The average molecular weight is 1560 g/mol. The van der Waals surface area contributed by atoms with Crippen LogP contribution in [-0.2, 0) is 6.42 Å². The summed E-state index contributed by atoms with van der Waals surface area (Å²) >= 11 is 0. The van der Waals surface area contributed by atoms with Crippen LogP contribution in [0, 0.1) is 6.92 Å². The zero-order valence-electron chi connectivity index (χ0n) is 66.0. The lowest BCUT2D eigenvalue weighted by Gasteiger charge is -2.19. The molecule has 0 atom stereocenters. The van der Waals surface area contributed by atoms with Crippen molar-refractivity contribution in [3.63, 3.8) is 0 Å². The second kappa shape index (κ2) is 29.2. The fraction of sp³-hybridized carbons (Fsp3) is 0.0431. The molecule has 6 aromatic heterocycles. The summed E-state index contributed by atoms with van der Waals surface area (Å²) in [5.74, 6) is 3.13. The van der Waals surface area contributed by atoms with E-state index in [1.165, 1.54) is 208 Å². The molecule has 6 heterocycles. The van der Waals surface area contributed by atoms with Crippen LogP contribution < -0.4 is 0 Å². The minimum atomic E-state index is 0. The van der Waals surface area contributed by atoms with Gasteiger partial charge in [0.2, 0.25) is 0 Å². The van der Waals surface area contributed by atoms with Crippen LogP contribution in [0.25, 0.3) is 236 Å². The molecule has 0 saturated heterocycles. The normalized spacial score (nSPS) is 11.8. The van der Waals surface area contributed by atoms with E-state index in [9.17, 15) is 0 Å². The first-order valence-corrected chi connectivity index (χ1v) is 41.6. The van der Waals surface area contributed by atoms with Crippen molar-refractivity contribution in [2.24, 2.45) is 0 Å². The van der Waals surface area contributed by atoms with Gasteiger partial charge < -0.3 is 0 Å². The first-order valence-electron chi connectivity index (χ1n) is 41.6. The molecule has 0 bridgehead atoms. The van der Waals surface area contributed by atoms with Gasteiger partial charge in [-0.25, -0.2) is 15.0 Å². The molecule has 0 aliphatic carbocycles. The molecule has 0 aliphatic rings. The Hall–Kier alpha value is -15.6. The van der Waals surface area contributed by atoms with Gasteiger partial charge in [0, 0.05) is 44.3 Å². The van der Waals surface area contributed by atoms with Crippen molar-refractivity contribution >= 4 is 147 Å². The zero-order valence-corrected chi connectivity index (χ0v) is 66.0. The Labute approximate surface area is 706 Å². The summed E-state index contributed by atoms with van der Waals surface area (Å²) in [6.07, 6.45) is 0.892. The van der Waals surface area contributed by atoms with Crippen LogP contribution in [0.2, 0.25) is 0 Å². The summed E-state index contributed by atoms with van der Waals surface area (Å²) in [7, 11) is 0. The maximum Gasteiger partial charge on any atom is 0.145 e. The summed E-state index contributed by atoms with van der Waals surface area (Å²) in [4.78, 5) is 15.0. The molecule has 26 rings (SSSR count). The quantitative estimate of drug-likeness (QED) is 0.135. The van der Waals surface area contributed by atoms with Gasteiger partial charge in [0.15, 0.2) is 0 Å². The van der Waals surface area contributed by atoms with Gasteiger partial charge in [0.1, 0.15) is 17.5 Å². The Balaban J connectivity index is 0.000000109. The van der Waals surface area contributed by atoms with Crippen LogP contribution in [0.5, 0.6) is 0 Å². The van der Waals surface area contributed by atoms with Crippen molar-refractivity contribution in [2.75, 3.05) is 0 Å². The number of hydrogen-bond donors (Lipinski definition) is 0. The van der Waals surface area contributed by atoms with E-state index in [1.54, 1.807) is 0 Å².